The summed E-state index contributed by atoms with van der Waals surface area (Å²) in [5.74, 6) is -1.66. The number of carboxylic acid groups (broad SMARTS) is 1. The number of amides is 1. The minimum atomic E-state index is -4.44. The number of benzene rings is 2. The van der Waals surface area contributed by atoms with Gasteiger partial charge in [0.2, 0.25) is 0 Å². The summed E-state index contributed by atoms with van der Waals surface area (Å²) in [6.07, 6.45) is -4.44. The van der Waals surface area contributed by atoms with Gasteiger partial charge in [0.15, 0.2) is 0 Å². The van der Waals surface area contributed by atoms with Crippen LogP contribution in [0.5, 0.6) is 0 Å². The topological polar surface area (TPSA) is 66.4 Å². The number of rotatable bonds is 3. The van der Waals surface area contributed by atoms with Crippen LogP contribution in [0.2, 0.25) is 0 Å². The summed E-state index contributed by atoms with van der Waals surface area (Å²) < 4.78 is 37.2. The van der Waals surface area contributed by atoms with Gasteiger partial charge in [-0.15, -0.1) is 0 Å². The molecule has 0 saturated carbocycles. The van der Waals surface area contributed by atoms with E-state index in [4.69, 9.17) is 5.11 Å². The van der Waals surface area contributed by atoms with Gasteiger partial charge in [0.25, 0.3) is 5.91 Å². The number of carbonyl (C=O) groups is 2. The molecule has 22 heavy (non-hydrogen) atoms. The first-order chi connectivity index (χ1) is 10.3. The lowest BCUT2D eigenvalue weighted by Gasteiger charge is -2.09. The molecule has 0 fully saturated rings. The summed E-state index contributed by atoms with van der Waals surface area (Å²) in [5.41, 5.74) is -0.368. The third kappa shape index (κ3) is 3.63. The summed E-state index contributed by atoms with van der Waals surface area (Å²) in [5, 5.41) is 11.2. The molecule has 0 heterocycles. The van der Waals surface area contributed by atoms with E-state index in [9.17, 15) is 22.8 Å². The number of halogens is 3. The van der Waals surface area contributed by atoms with Gasteiger partial charge in [-0.25, -0.2) is 4.79 Å². The zero-order valence-corrected chi connectivity index (χ0v) is 11.0. The minimum Gasteiger partial charge on any atom is -0.478 e. The molecule has 2 rings (SSSR count). The van der Waals surface area contributed by atoms with Crippen molar-refractivity contribution in [2.45, 2.75) is 6.18 Å². The summed E-state index contributed by atoms with van der Waals surface area (Å²) in [6.45, 7) is 0. The van der Waals surface area contributed by atoms with Crippen LogP contribution in [0, 0.1) is 0 Å². The first kappa shape index (κ1) is 15.6. The Morgan fingerprint density at radius 3 is 1.82 bits per heavy atom. The SMILES string of the molecule is O=C(O)c1ccc(C(=O)Nc2ccc(C(F)(F)F)cc2)cc1. The van der Waals surface area contributed by atoms with Gasteiger partial charge in [0.05, 0.1) is 11.1 Å². The van der Waals surface area contributed by atoms with E-state index in [2.05, 4.69) is 5.32 Å². The fourth-order valence-electron chi connectivity index (χ4n) is 1.71. The lowest BCUT2D eigenvalue weighted by atomic mass is 10.1. The second-order valence-corrected chi connectivity index (χ2v) is 4.41. The van der Waals surface area contributed by atoms with Crippen molar-refractivity contribution in [3.8, 4) is 0 Å². The van der Waals surface area contributed by atoms with Crippen LogP contribution in [0.25, 0.3) is 0 Å². The summed E-state index contributed by atoms with van der Waals surface area (Å²) >= 11 is 0. The highest BCUT2D eigenvalue weighted by Crippen LogP contribution is 2.29. The van der Waals surface area contributed by atoms with Crippen molar-refractivity contribution < 1.29 is 27.9 Å². The molecule has 0 aliphatic heterocycles. The first-order valence-corrected chi connectivity index (χ1v) is 6.09. The normalized spacial score (nSPS) is 11.0. The molecule has 0 radical (unpaired) electrons. The maximum absolute atomic E-state index is 12.4. The Labute approximate surface area is 123 Å². The number of alkyl halides is 3. The molecule has 4 nitrogen and oxygen atoms in total. The molecular formula is C15H10F3NO3. The predicted octanol–water partition coefficient (Wildman–Crippen LogP) is 3.66. The molecule has 0 aliphatic carbocycles. The summed E-state index contributed by atoms with van der Waals surface area (Å²) in [4.78, 5) is 22.6. The standard InChI is InChI=1S/C15H10F3NO3/c16-15(17,18)11-5-7-12(8-6-11)19-13(20)9-1-3-10(4-2-9)14(21)22/h1-8H,(H,19,20)(H,21,22). The van der Waals surface area contributed by atoms with Gasteiger partial charge in [-0.3, -0.25) is 4.79 Å². The van der Waals surface area contributed by atoms with Crippen molar-refractivity contribution in [1.82, 2.24) is 0 Å². The molecule has 0 unspecified atom stereocenters. The highest BCUT2D eigenvalue weighted by molar-refractivity contribution is 6.04. The van der Waals surface area contributed by atoms with Crippen LogP contribution in [0.4, 0.5) is 18.9 Å². The van der Waals surface area contributed by atoms with Crippen LogP contribution in [0.1, 0.15) is 26.3 Å². The maximum Gasteiger partial charge on any atom is 0.416 e. The van der Waals surface area contributed by atoms with E-state index >= 15 is 0 Å². The molecule has 0 aliphatic rings. The highest BCUT2D eigenvalue weighted by Gasteiger charge is 2.29. The molecule has 0 saturated heterocycles. The number of anilines is 1. The second-order valence-electron chi connectivity index (χ2n) is 4.41. The molecule has 7 heteroatoms. The van der Waals surface area contributed by atoms with Crippen molar-refractivity contribution in [3.05, 3.63) is 65.2 Å². The average Bonchev–Trinajstić information content (AvgIpc) is 2.47. The molecule has 2 aromatic carbocycles. The smallest absolute Gasteiger partial charge is 0.416 e. The Morgan fingerprint density at radius 2 is 1.36 bits per heavy atom. The lowest BCUT2D eigenvalue weighted by Crippen LogP contribution is -2.12. The molecule has 0 bridgehead atoms. The highest BCUT2D eigenvalue weighted by atomic mass is 19.4. The Balaban J connectivity index is 2.10. The van der Waals surface area contributed by atoms with Gasteiger partial charge >= 0.3 is 12.1 Å². The predicted molar refractivity (Wildman–Crippen MR) is 72.8 cm³/mol. The Morgan fingerprint density at radius 1 is 0.864 bits per heavy atom. The van der Waals surface area contributed by atoms with Gasteiger partial charge in [-0.2, -0.15) is 13.2 Å². The molecule has 0 aromatic heterocycles. The van der Waals surface area contributed by atoms with Gasteiger partial charge in [-0.1, -0.05) is 0 Å². The fourth-order valence-corrected chi connectivity index (χ4v) is 1.71. The number of aromatic carboxylic acids is 1. The second kappa shape index (κ2) is 5.88. The molecular weight excluding hydrogens is 299 g/mol. The number of nitrogens with one attached hydrogen (secondary N) is 1. The number of hydrogen-bond acceptors (Lipinski definition) is 2. The van der Waals surface area contributed by atoms with Crippen LogP contribution >= 0.6 is 0 Å². The van der Waals surface area contributed by atoms with Crippen molar-refractivity contribution in [1.29, 1.82) is 0 Å². The fraction of sp³-hybridized carbons (Fsp3) is 0.0667. The monoisotopic (exact) mass is 309 g/mol. The van der Waals surface area contributed by atoms with E-state index in [0.29, 0.717) is 0 Å². The largest absolute Gasteiger partial charge is 0.478 e. The Kier molecular flexibility index (Phi) is 4.16. The van der Waals surface area contributed by atoms with Crippen molar-refractivity contribution in [2.75, 3.05) is 5.32 Å². The number of carboxylic acids is 1. The Bertz CT molecular complexity index is 691. The maximum atomic E-state index is 12.4. The lowest BCUT2D eigenvalue weighted by molar-refractivity contribution is -0.137. The van der Waals surface area contributed by atoms with Crippen molar-refractivity contribution >= 4 is 17.6 Å². The molecule has 0 spiro atoms. The van der Waals surface area contributed by atoms with Crippen LogP contribution in [-0.4, -0.2) is 17.0 Å². The Hall–Kier alpha value is -2.83. The van der Waals surface area contributed by atoms with E-state index in [1.165, 1.54) is 24.3 Å². The van der Waals surface area contributed by atoms with Crippen LogP contribution in [0.3, 0.4) is 0 Å². The molecule has 114 valence electrons. The quantitative estimate of drug-likeness (QED) is 0.909. The summed E-state index contributed by atoms with van der Waals surface area (Å²) in [7, 11) is 0. The zero-order valence-electron chi connectivity index (χ0n) is 11.0. The number of hydrogen-bond donors (Lipinski definition) is 2. The van der Waals surface area contributed by atoms with Gasteiger partial charge < -0.3 is 10.4 Å². The van der Waals surface area contributed by atoms with Crippen LogP contribution in [-0.2, 0) is 6.18 Å². The van der Waals surface area contributed by atoms with Crippen molar-refractivity contribution in [2.24, 2.45) is 0 Å². The molecule has 0 atom stereocenters. The summed E-state index contributed by atoms with van der Waals surface area (Å²) in [6, 6.07) is 9.20. The third-order valence-corrected chi connectivity index (χ3v) is 2.86. The number of carbonyl (C=O) groups excluding carboxylic acids is 1. The minimum absolute atomic E-state index is 0.0334. The van der Waals surface area contributed by atoms with Gasteiger partial charge in [0.1, 0.15) is 0 Å². The van der Waals surface area contributed by atoms with E-state index in [1.54, 1.807) is 0 Å². The first-order valence-electron chi connectivity index (χ1n) is 6.09. The van der Waals surface area contributed by atoms with E-state index in [1.807, 2.05) is 0 Å². The van der Waals surface area contributed by atoms with Gasteiger partial charge in [-0.05, 0) is 48.5 Å². The molecule has 2 N–H and O–H groups in total. The van der Waals surface area contributed by atoms with Crippen molar-refractivity contribution in [3.63, 3.8) is 0 Å². The van der Waals surface area contributed by atoms with Gasteiger partial charge in [0, 0.05) is 11.3 Å². The van der Waals surface area contributed by atoms with E-state index in [0.717, 1.165) is 24.3 Å². The van der Waals surface area contributed by atoms with Crippen LogP contribution in [0.15, 0.2) is 48.5 Å². The third-order valence-electron chi connectivity index (χ3n) is 2.86. The van der Waals surface area contributed by atoms with Crippen LogP contribution < -0.4 is 5.32 Å². The molecule has 1 amide bonds. The molecule has 2 aromatic rings. The zero-order chi connectivity index (χ0) is 16.3. The average molecular weight is 309 g/mol. The van der Waals surface area contributed by atoms with E-state index in [-0.39, 0.29) is 16.8 Å². The van der Waals surface area contributed by atoms with E-state index < -0.39 is 23.6 Å².